The van der Waals surface area contributed by atoms with Gasteiger partial charge in [-0.3, -0.25) is 14.6 Å². The number of hydrogen-bond donors (Lipinski definition) is 1. The van der Waals surface area contributed by atoms with Crippen LogP contribution < -0.4 is 5.32 Å². The second kappa shape index (κ2) is 8.50. The van der Waals surface area contributed by atoms with E-state index in [1.165, 1.54) is 18.4 Å². The second-order valence-electron chi connectivity index (χ2n) is 7.76. The van der Waals surface area contributed by atoms with E-state index < -0.39 is 0 Å². The summed E-state index contributed by atoms with van der Waals surface area (Å²) in [5.74, 6) is 0.888. The number of carbonyl (C=O) groups is 1. The maximum Gasteiger partial charge on any atom is 0.234 e. The molecular weight excluding hydrogens is 356 g/mol. The Balaban J connectivity index is 1.21. The van der Waals surface area contributed by atoms with Crippen molar-refractivity contribution >= 4 is 17.2 Å². The lowest BCUT2D eigenvalue weighted by Gasteiger charge is -2.34. The summed E-state index contributed by atoms with van der Waals surface area (Å²) in [5.41, 5.74) is 2.33. The molecule has 5 nitrogen and oxygen atoms in total. The second-order valence-corrected chi connectivity index (χ2v) is 8.61. The van der Waals surface area contributed by atoms with E-state index in [9.17, 15) is 4.79 Å². The minimum Gasteiger partial charge on any atom is -0.352 e. The van der Waals surface area contributed by atoms with Crippen molar-refractivity contribution in [3.05, 3.63) is 41.4 Å². The SMILES string of the molecule is CC(NC(=O)CN1CCN(Cc2csc(-c3ccccc3)n2)CC1)C1CC1. The predicted octanol–water partition coefficient (Wildman–Crippen LogP) is 2.84. The molecule has 1 aromatic carbocycles. The molecule has 1 aliphatic heterocycles. The molecule has 4 rings (SSSR count). The van der Waals surface area contributed by atoms with Crippen LogP contribution in [0.25, 0.3) is 10.6 Å². The van der Waals surface area contributed by atoms with Crippen molar-refractivity contribution in [3.63, 3.8) is 0 Å². The van der Waals surface area contributed by atoms with Gasteiger partial charge in [0, 0.05) is 49.7 Å². The Bertz CT molecular complexity index is 751. The van der Waals surface area contributed by atoms with Gasteiger partial charge in [-0.25, -0.2) is 4.98 Å². The van der Waals surface area contributed by atoms with Gasteiger partial charge in [0.05, 0.1) is 12.2 Å². The summed E-state index contributed by atoms with van der Waals surface area (Å²) in [6.45, 7) is 7.42. The Morgan fingerprint density at radius 3 is 2.59 bits per heavy atom. The fraction of sp³-hybridized carbons (Fsp3) is 0.524. The Morgan fingerprint density at radius 1 is 1.19 bits per heavy atom. The minimum atomic E-state index is 0.176. The third-order valence-electron chi connectivity index (χ3n) is 5.51. The van der Waals surface area contributed by atoms with Crippen LogP contribution in [0.2, 0.25) is 0 Å². The van der Waals surface area contributed by atoms with E-state index in [0.29, 0.717) is 18.5 Å². The largest absolute Gasteiger partial charge is 0.352 e. The van der Waals surface area contributed by atoms with Crippen molar-refractivity contribution < 1.29 is 4.79 Å². The lowest BCUT2D eigenvalue weighted by molar-refractivity contribution is -0.123. The van der Waals surface area contributed by atoms with Crippen LogP contribution in [0.15, 0.2) is 35.7 Å². The maximum absolute atomic E-state index is 12.2. The molecule has 1 N–H and O–H groups in total. The third kappa shape index (κ3) is 5.15. The molecule has 1 unspecified atom stereocenters. The number of aromatic nitrogens is 1. The highest BCUT2D eigenvalue weighted by atomic mass is 32.1. The van der Waals surface area contributed by atoms with Crippen molar-refractivity contribution in [1.29, 1.82) is 0 Å². The fourth-order valence-corrected chi connectivity index (χ4v) is 4.46. The molecule has 1 saturated heterocycles. The van der Waals surface area contributed by atoms with E-state index in [4.69, 9.17) is 4.98 Å². The van der Waals surface area contributed by atoms with Crippen LogP contribution in [-0.2, 0) is 11.3 Å². The van der Waals surface area contributed by atoms with E-state index >= 15 is 0 Å². The quantitative estimate of drug-likeness (QED) is 0.797. The zero-order chi connectivity index (χ0) is 18.6. The highest BCUT2D eigenvalue weighted by Crippen LogP contribution is 2.32. The van der Waals surface area contributed by atoms with Crippen LogP contribution in [0.3, 0.4) is 0 Å². The Labute approximate surface area is 165 Å². The van der Waals surface area contributed by atoms with Gasteiger partial charge in [-0.1, -0.05) is 30.3 Å². The van der Waals surface area contributed by atoms with Crippen molar-refractivity contribution in [2.75, 3.05) is 32.7 Å². The van der Waals surface area contributed by atoms with Gasteiger partial charge in [-0.15, -0.1) is 11.3 Å². The number of amides is 1. The molecule has 0 spiro atoms. The van der Waals surface area contributed by atoms with Crippen LogP contribution in [0.5, 0.6) is 0 Å². The van der Waals surface area contributed by atoms with Gasteiger partial charge in [0.15, 0.2) is 0 Å². The third-order valence-corrected chi connectivity index (χ3v) is 6.45. The van der Waals surface area contributed by atoms with Crippen molar-refractivity contribution in [2.45, 2.75) is 32.4 Å². The first-order valence-electron chi connectivity index (χ1n) is 9.91. The first-order chi connectivity index (χ1) is 13.2. The van der Waals surface area contributed by atoms with Crippen molar-refractivity contribution in [2.24, 2.45) is 5.92 Å². The van der Waals surface area contributed by atoms with Crippen molar-refractivity contribution in [1.82, 2.24) is 20.1 Å². The fourth-order valence-electron chi connectivity index (χ4n) is 3.64. The number of rotatable bonds is 7. The number of nitrogens with zero attached hydrogens (tertiary/aromatic N) is 3. The van der Waals surface area contributed by atoms with Crippen LogP contribution in [-0.4, -0.2) is 59.5 Å². The molecule has 1 amide bonds. The first kappa shape index (κ1) is 18.6. The Kier molecular flexibility index (Phi) is 5.86. The number of nitrogens with one attached hydrogen (secondary N) is 1. The molecule has 2 aromatic rings. The Morgan fingerprint density at radius 2 is 1.89 bits per heavy atom. The highest BCUT2D eigenvalue weighted by molar-refractivity contribution is 7.13. The molecule has 1 aliphatic carbocycles. The molecule has 144 valence electrons. The molecule has 0 radical (unpaired) electrons. The van der Waals surface area contributed by atoms with E-state index in [1.807, 2.05) is 6.07 Å². The van der Waals surface area contributed by atoms with E-state index in [-0.39, 0.29) is 5.91 Å². The standard InChI is InChI=1S/C21H28N4OS/c1-16(17-7-8-17)22-20(26)14-25-11-9-24(10-12-25)13-19-15-27-21(23-19)18-5-3-2-4-6-18/h2-6,15-17H,7-14H2,1H3,(H,22,26). The lowest BCUT2D eigenvalue weighted by atomic mass is 10.2. The summed E-state index contributed by atoms with van der Waals surface area (Å²) in [6.07, 6.45) is 2.53. The molecule has 2 fully saturated rings. The molecule has 1 aromatic heterocycles. The summed E-state index contributed by atoms with van der Waals surface area (Å²) in [4.78, 5) is 21.7. The molecule has 27 heavy (non-hydrogen) atoms. The average molecular weight is 385 g/mol. The normalized spacial score (nSPS) is 19.7. The van der Waals surface area contributed by atoms with Crippen LogP contribution in [0, 0.1) is 5.92 Å². The summed E-state index contributed by atoms with van der Waals surface area (Å²) in [5, 5.41) is 6.41. The molecule has 0 bridgehead atoms. The zero-order valence-corrected chi connectivity index (χ0v) is 16.8. The van der Waals surface area contributed by atoms with Crippen LogP contribution in [0.4, 0.5) is 0 Å². The number of thiazole rings is 1. The number of piperazine rings is 1. The molecule has 6 heteroatoms. The van der Waals surface area contributed by atoms with E-state index in [2.05, 4.69) is 51.7 Å². The van der Waals surface area contributed by atoms with Gasteiger partial charge in [-0.2, -0.15) is 0 Å². The maximum atomic E-state index is 12.2. The van der Waals surface area contributed by atoms with Crippen molar-refractivity contribution in [3.8, 4) is 10.6 Å². The van der Waals surface area contributed by atoms with Crippen LogP contribution in [0.1, 0.15) is 25.5 Å². The van der Waals surface area contributed by atoms with Gasteiger partial charge in [0.2, 0.25) is 5.91 Å². The van der Waals surface area contributed by atoms with Gasteiger partial charge in [0.1, 0.15) is 5.01 Å². The first-order valence-corrected chi connectivity index (χ1v) is 10.8. The zero-order valence-electron chi connectivity index (χ0n) is 15.9. The summed E-state index contributed by atoms with van der Waals surface area (Å²) >= 11 is 1.71. The van der Waals surface area contributed by atoms with Gasteiger partial charge >= 0.3 is 0 Å². The molecule has 1 saturated carbocycles. The van der Waals surface area contributed by atoms with E-state index in [1.54, 1.807) is 11.3 Å². The minimum absolute atomic E-state index is 0.176. The topological polar surface area (TPSA) is 48.5 Å². The lowest BCUT2D eigenvalue weighted by Crippen LogP contribution is -2.50. The highest BCUT2D eigenvalue weighted by Gasteiger charge is 2.29. The van der Waals surface area contributed by atoms with Gasteiger partial charge in [-0.05, 0) is 25.7 Å². The predicted molar refractivity (Wildman–Crippen MR) is 110 cm³/mol. The molecule has 1 atom stereocenters. The molecule has 2 aliphatic rings. The summed E-state index contributed by atoms with van der Waals surface area (Å²) in [7, 11) is 0. The smallest absolute Gasteiger partial charge is 0.234 e. The average Bonchev–Trinajstić information content (AvgIpc) is 3.44. The number of hydrogen-bond acceptors (Lipinski definition) is 5. The number of benzene rings is 1. The van der Waals surface area contributed by atoms with Crippen LogP contribution >= 0.6 is 11.3 Å². The van der Waals surface area contributed by atoms with Gasteiger partial charge in [0.25, 0.3) is 0 Å². The number of carbonyl (C=O) groups excluding carboxylic acids is 1. The molecular formula is C21H28N4OS. The summed E-state index contributed by atoms with van der Waals surface area (Å²) < 4.78 is 0. The Hall–Kier alpha value is -1.76. The summed E-state index contributed by atoms with van der Waals surface area (Å²) in [6, 6.07) is 10.7. The van der Waals surface area contributed by atoms with Gasteiger partial charge < -0.3 is 5.32 Å². The monoisotopic (exact) mass is 384 g/mol. The van der Waals surface area contributed by atoms with E-state index in [0.717, 1.165) is 43.4 Å². The molecule has 2 heterocycles.